The van der Waals surface area contributed by atoms with Crippen LogP contribution in [0.15, 0.2) is 65.7 Å². The third-order valence-electron chi connectivity index (χ3n) is 5.01. The molecule has 5 heteroatoms. The maximum atomic E-state index is 12.9. The number of carbonyl (C=O) groups excluding carboxylic acids is 1. The van der Waals surface area contributed by atoms with Crippen molar-refractivity contribution < 1.29 is 9.53 Å². The van der Waals surface area contributed by atoms with Gasteiger partial charge in [-0.1, -0.05) is 65.9 Å². The lowest BCUT2D eigenvalue weighted by atomic mass is 10.0. The normalized spacial score (nSPS) is 12.1. The van der Waals surface area contributed by atoms with Gasteiger partial charge >= 0.3 is 0 Å². The SMILES string of the molecule is CCOCCn1c(=NC(=O)Cc2cccc3ccccc23)sc2cccc(C)c21. The highest BCUT2D eigenvalue weighted by molar-refractivity contribution is 7.16. The number of rotatable bonds is 6. The molecular weight excluding hydrogens is 380 g/mol. The summed E-state index contributed by atoms with van der Waals surface area (Å²) in [6.07, 6.45) is 0.292. The number of benzene rings is 3. The predicted molar refractivity (Wildman–Crippen MR) is 119 cm³/mol. The van der Waals surface area contributed by atoms with Crippen LogP contribution >= 0.6 is 11.3 Å². The first-order chi connectivity index (χ1) is 14.2. The van der Waals surface area contributed by atoms with Gasteiger partial charge < -0.3 is 9.30 Å². The number of amides is 1. The summed E-state index contributed by atoms with van der Waals surface area (Å²) in [5.41, 5.74) is 3.32. The Morgan fingerprint density at radius 2 is 1.86 bits per heavy atom. The number of fused-ring (bicyclic) bond motifs is 2. The van der Waals surface area contributed by atoms with E-state index in [-0.39, 0.29) is 5.91 Å². The van der Waals surface area contributed by atoms with Crippen molar-refractivity contribution >= 4 is 38.2 Å². The van der Waals surface area contributed by atoms with E-state index in [9.17, 15) is 4.79 Å². The van der Waals surface area contributed by atoms with Crippen molar-refractivity contribution in [1.29, 1.82) is 0 Å². The zero-order valence-corrected chi connectivity index (χ0v) is 17.5. The Bertz CT molecular complexity index is 1230. The van der Waals surface area contributed by atoms with Gasteiger partial charge in [0.2, 0.25) is 0 Å². The van der Waals surface area contributed by atoms with Gasteiger partial charge in [-0.05, 0) is 41.8 Å². The maximum absolute atomic E-state index is 12.9. The maximum Gasteiger partial charge on any atom is 0.252 e. The number of hydrogen-bond donors (Lipinski definition) is 0. The Balaban J connectivity index is 1.72. The van der Waals surface area contributed by atoms with Gasteiger partial charge in [0.1, 0.15) is 0 Å². The van der Waals surface area contributed by atoms with Gasteiger partial charge in [-0.25, -0.2) is 0 Å². The number of nitrogens with zero attached hydrogens (tertiary/aromatic N) is 2. The molecule has 0 fully saturated rings. The fraction of sp³-hybridized carbons (Fsp3) is 0.250. The van der Waals surface area contributed by atoms with E-state index in [1.54, 1.807) is 11.3 Å². The van der Waals surface area contributed by atoms with Gasteiger partial charge in [0.05, 0.1) is 23.2 Å². The summed E-state index contributed by atoms with van der Waals surface area (Å²) in [5, 5.41) is 2.25. The molecule has 1 amide bonds. The van der Waals surface area contributed by atoms with Crippen molar-refractivity contribution in [3.63, 3.8) is 0 Å². The Labute approximate surface area is 174 Å². The van der Waals surface area contributed by atoms with Crippen LogP contribution in [0, 0.1) is 6.92 Å². The first-order valence-corrected chi connectivity index (χ1v) is 10.7. The molecule has 4 aromatic rings. The highest BCUT2D eigenvalue weighted by Gasteiger charge is 2.11. The quantitative estimate of drug-likeness (QED) is 0.430. The van der Waals surface area contributed by atoms with Crippen LogP contribution in [0.5, 0.6) is 0 Å². The molecule has 0 radical (unpaired) electrons. The predicted octanol–water partition coefficient (Wildman–Crippen LogP) is 4.87. The molecule has 4 rings (SSSR count). The second kappa shape index (κ2) is 8.72. The summed E-state index contributed by atoms with van der Waals surface area (Å²) in [6, 6.07) is 20.4. The topological polar surface area (TPSA) is 43.6 Å². The lowest BCUT2D eigenvalue weighted by Crippen LogP contribution is -2.20. The number of carbonyl (C=O) groups is 1. The second-order valence-corrected chi connectivity index (χ2v) is 7.98. The van der Waals surface area contributed by atoms with Gasteiger partial charge in [0.25, 0.3) is 5.91 Å². The number of hydrogen-bond acceptors (Lipinski definition) is 3. The Kier molecular flexibility index (Phi) is 5.88. The molecule has 0 unspecified atom stereocenters. The summed E-state index contributed by atoms with van der Waals surface area (Å²) in [4.78, 5) is 18.1. The molecule has 0 aliphatic heterocycles. The van der Waals surface area contributed by atoms with Crippen molar-refractivity contribution in [1.82, 2.24) is 4.57 Å². The van der Waals surface area contributed by atoms with Crippen LogP contribution in [-0.2, 0) is 22.5 Å². The molecule has 0 aliphatic rings. The fourth-order valence-electron chi connectivity index (χ4n) is 3.66. The molecule has 0 N–H and O–H groups in total. The van der Waals surface area contributed by atoms with E-state index >= 15 is 0 Å². The molecule has 148 valence electrons. The van der Waals surface area contributed by atoms with Crippen molar-refractivity contribution in [2.45, 2.75) is 26.8 Å². The van der Waals surface area contributed by atoms with E-state index in [4.69, 9.17) is 4.74 Å². The molecule has 29 heavy (non-hydrogen) atoms. The minimum absolute atomic E-state index is 0.129. The molecular formula is C24H24N2O2S. The Morgan fingerprint density at radius 3 is 2.72 bits per heavy atom. The molecule has 0 saturated carbocycles. The smallest absolute Gasteiger partial charge is 0.252 e. The lowest BCUT2D eigenvalue weighted by molar-refractivity contribution is -0.117. The fourth-order valence-corrected chi connectivity index (χ4v) is 4.81. The zero-order chi connectivity index (χ0) is 20.2. The average Bonchev–Trinajstić information content (AvgIpc) is 3.07. The summed E-state index contributed by atoms with van der Waals surface area (Å²) in [5.74, 6) is -0.129. The molecule has 0 bridgehead atoms. The van der Waals surface area contributed by atoms with Crippen LogP contribution in [0.25, 0.3) is 21.0 Å². The van der Waals surface area contributed by atoms with Crippen molar-refractivity contribution in [3.05, 3.63) is 76.6 Å². The number of ether oxygens (including phenoxy) is 1. The molecule has 0 aliphatic carbocycles. The first-order valence-electron chi connectivity index (χ1n) is 9.88. The lowest BCUT2D eigenvalue weighted by Gasteiger charge is -2.07. The van der Waals surface area contributed by atoms with Crippen molar-refractivity contribution in [2.24, 2.45) is 4.99 Å². The summed E-state index contributed by atoms with van der Waals surface area (Å²) >= 11 is 1.56. The van der Waals surface area contributed by atoms with Crippen LogP contribution in [0.2, 0.25) is 0 Å². The van der Waals surface area contributed by atoms with E-state index in [0.717, 1.165) is 31.4 Å². The number of aromatic nitrogens is 1. The Morgan fingerprint density at radius 1 is 1.07 bits per heavy atom. The van der Waals surface area contributed by atoms with Gasteiger partial charge in [-0.2, -0.15) is 4.99 Å². The van der Waals surface area contributed by atoms with E-state index in [1.807, 2.05) is 37.3 Å². The van der Waals surface area contributed by atoms with E-state index in [0.29, 0.717) is 26.2 Å². The largest absolute Gasteiger partial charge is 0.380 e. The minimum Gasteiger partial charge on any atom is -0.380 e. The van der Waals surface area contributed by atoms with E-state index < -0.39 is 0 Å². The molecule has 4 nitrogen and oxygen atoms in total. The van der Waals surface area contributed by atoms with Gasteiger partial charge in [-0.15, -0.1) is 0 Å². The molecule has 0 saturated heterocycles. The molecule has 1 aromatic heterocycles. The summed E-state index contributed by atoms with van der Waals surface area (Å²) in [7, 11) is 0. The van der Waals surface area contributed by atoms with Gasteiger partial charge in [0.15, 0.2) is 4.80 Å². The zero-order valence-electron chi connectivity index (χ0n) is 16.7. The minimum atomic E-state index is -0.129. The van der Waals surface area contributed by atoms with Gasteiger partial charge in [-0.3, -0.25) is 4.79 Å². The van der Waals surface area contributed by atoms with Gasteiger partial charge in [0, 0.05) is 13.2 Å². The standard InChI is InChI=1S/C24H24N2O2S/c1-3-28-15-14-26-23-17(2)8-6-13-21(23)29-24(26)25-22(27)16-19-11-7-10-18-9-4-5-12-20(18)19/h4-13H,3,14-16H2,1-2H3. The third-order valence-corrected chi connectivity index (χ3v) is 6.05. The van der Waals surface area contributed by atoms with Crippen LogP contribution in [0.1, 0.15) is 18.1 Å². The summed E-state index contributed by atoms with van der Waals surface area (Å²) < 4.78 is 8.81. The summed E-state index contributed by atoms with van der Waals surface area (Å²) in [6.45, 7) is 6.03. The van der Waals surface area contributed by atoms with Crippen LogP contribution in [0.3, 0.4) is 0 Å². The van der Waals surface area contributed by atoms with Crippen molar-refractivity contribution in [3.8, 4) is 0 Å². The average molecular weight is 405 g/mol. The number of aryl methyl sites for hydroxylation is 1. The molecule has 3 aromatic carbocycles. The van der Waals surface area contributed by atoms with Crippen LogP contribution in [-0.4, -0.2) is 23.7 Å². The first kappa shape index (κ1) is 19.6. The molecule has 1 heterocycles. The van der Waals surface area contributed by atoms with Crippen molar-refractivity contribution in [2.75, 3.05) is 13.2 Å². The van der Waals surface area contributed by atoms with E-state index in [1.165, 1.54) is 5.56 Å². The third kappa shape index (κ3) is 4.16. The number of thiazole rings is 1. The van der Waals surface area contributed by atoms with Crippen LogP contribution < -0.4 is 4.80 Å². The molecule has 0 spiro atoms. The highest BCUT2D eigenvalue weighted by atomic mass is 32.1. The molecule has 0 atom stereocenters. The highest BCUT2D eigenvalue weighted by Crippen LogP contribution is 2.22. The van der Waals surface area contributed by atoms with E-state index in [2.05, 4.69) is 46.8 Å². The monoisotopic (exact) mass is 404 g/mol. The second-order valence-electron chi connectivity index (χ2n) is 6.98. The van der Waals surface area contributed by atoms with Crippen LogP contribution in [0.4, 0.5) is 0 Å². The number of para-hydroxylation sites is 1. The Hall–Kier alpha value is -2.76.